The summed E-state index contributed by atoms with van der Waals surface area (Å²) in [5.74, 6) is 2.71. The van der Waals surface area contributed by atoms with Crippen LogP contribution in [0.25, 0.3) is 0 Å². The van der Waals surface area contributed by atoms with Crippen LogP contribution in [0.1, 0.15) is 44.1 Å². The van der Waals surface area contributed by atoms with Gasteiger partial charge in [-0.15, -0.1) is 12.3 Å². The van der Waals surface area contributed by atoms with Crippen LogP contribution in [0.4, 0.5) is 0 Å². The van der Waals surface area contributed by atoms with Crippen LogP contribution in [0.2, 0.25) is 5.02 Å². The number of carbonyl (C=O) groups excluding carboxylic acids is 1. The summed E-state index contributed by atoms with van der Waals surface area (Å²) in [5, 5.41) is 12.1. The predicted octanol–water partition coefficient (Wildman–Crippen LogP) is 3.78. The van der Waals surface area contributed by atoms with Crippen LogP contribution in [0, 0.1) is 12.3 Å². The molecular weight excluding hydrogens is 348 g/mol. The maximum atomic E-state index is 12.2. The van der Waals surface area contributed by atoms with Gasteiger partial charge in [-0.05, 0) is 30.5 Å². The van der Waals surface area contributed by atoms with Crippen molar-refractivity contribution in [2.24, 2.45) is 10.2 Å². The van der Waals surface area contributed by atoms with Gasteiger partial charge in [0.1, 0.15) is 0 Å². The number of nitrogens with zero attached hydrogens (tertiary/aromatic N) is 3. The van der Waals surface area contributed by atoms with E-state index in [-0.39, 0.29) is 17.6 Å². The number of likely N-dealkylation sites (tertiary alicyclic amines) is 1. The smallest absolute Gasteiger partial charge is 0.220 e. The van der Waals surface area contributed by atoms with Crippen LogP contribution in [0.15, 0.2) is 34.5 Å². The third-order valence-corrected chi connectivity index (χ3v) is 5.33. The normalized spacial score (nSPS) is 19.1. The molecule has 26 heavy (non-hydrogen) atoms. The Morgan fingerprint density at radius 2 is 1.96 bits per heavy atom. The summed E-state index contributed by atoms with van der Waals surface area (Å²) < 4.78 is 0. The Morgan fingerprint density at radius 1 is 1.27 bits per heavy atom. The van der Waals surface area contributed by atoms with Crippen molar-refractivity contribution in [3.63, 3.8) is 0 Å². The molecular formula is C20H25ClN4O. The van der Waals surface area contributed by atoms with Crippen molar-refractivity contribution in [1.82, 2.24) is 10.2 Å². The van der Waals surface area contributed by atoms with Crippen molar-refractivity contribution in [3.05, 3.63) is 34.9 Å². The van der Waals surface area contributed by atoms with Crippen molar-refractivity contribution >= 4 is 17.5 Å². The Balaban J connectivity index is 1.34. The first-order valence-corrected chi connectivity index (χ1v) is 9.60. The summed E-state index contributed by atoms with van der Waals surface area (Å²) in [5.41, 5.74) is 0.900. The van der Waals surface area contributed by atoms with Gasteiger partial charge < -0.3 is 5.32 Å². The van der Waals surface area contributed by atoms with Gasteiger partial charge in [0.2, 0.25) is 5.91 Å². The number of rotatable bonds is 8. The third-order valence-electron chi connectivity index (χ3n) is 5.08. The summed E-state index contributed by atoms with van der Waals surface area (Å²) in [6, 6.07) is 8.26. The Hall–Kier alpha value is -1.90. The first-order valence-electron chi connectivity index (χ1n) is 9.22. The molecule has 2 aliphatic heterocycles. The SMILES string of the molecule is C#CCCC1(CCC(=O)NC2CCN(Cc3ccc(Cl)cc3)CC2)N=N1. The molecule has 3 rings (SSSR count). The van der Waals surface area contributed by atoms with E-state index in [1.165, 1.54) is 5.56 Å². The summed E-state index contributed by atoms with van der Waals surface area (Å²) >= 11 is 5.93. The van der Waals surface area contributed by atoms with E-state index >= 15 is 0 Å². The largest absolute Gasteiger partial charge is 0.353 e. The second-order valence-corrected chi connectivity index (χ2v) is 7.57. The monoisotopic (exact) mass is 372 g/mol. The molecule has 1 aromatic carbocycles. The molecule has 0 aliphatic carbocycles. The van der Waals surface area contributed by atoms with Crippen LogP contribution < -0.4 is 5.32 Å². The minimum Gasteiger partial charge on any atom is -0.353 e. The Morgan fingerprint density at radius 3 is 2.58 bits per heavy atom. The summed E-state index contributed by atoms with van der Waals surface area (Å²) in [6.07, 6.45) is 9.78. The fourth-order valence-corrected chi connectivity index (χ4v) is 3.49. The number of halogens is 1. The second kappa shape index (κ2) is 8.66. The van der Waals surface area contributed by atoms with E-state index in [1.807, 2.05) is 12.1 Å². The van der Waals surface area contributed by atoms with Crippen LogP contribution in [-0.2, 0) is 11.3 Å². The molecule has 138 valence electrons. The molecule has 0 radical (unpaired) electrons. The topological polar surface area (TPSA) is 57.1 Å². The van der Waals surface area contributed by atoms with Crippen LogP contribution >= 0.6 is 11.6 Å². The van der Waals surface area contributed by atoms with Gasteiger partial charge in [0.15, 0.2) is 5.66 Å². The predicted molar refractivity (Wildman–Crippen MR) is 103 cm³/mol. The number of carbonyl (C=O) groups is 1. The van der Waals surface area contributed by atoms with Gasteiger partial charge in [0.25, 0.3) is 0 Å². The van der Waals surface area contributed by atoms with Crippen molar-refractivity contribution in [2.75, 3.05) is 13.1 Å². The second-order valence-electron chi connectivity index (χ2n) is 7.13. The zero-order chi connectivity index (χ0) is 18.4. The van der Waals surface area contributed by atoms with Crippen LogP contribution in [-0.4, -0.2) is 35.6 Å². The van der Waals surface area contributed by atoms with E-state index in [9.17, 15) is 4.79 Å². The molecule has 1 N–H and O–H groups in total. The fourth-order valence-electron chi connectivity index (χ4n) is 3.37. The van der Waals surface area contributed by atoms with E-state index in [1.54, 1.807) is 0 Å². The molecule has 1 saturated heterocycles. The number of amides is 1. The molecule has 0 aromatic heterocycles. The molecule has 1 aromatic rings. The summed E-state index contributed by atoms with van der Waals surface area (Å²) in [6.45, 7) is 2.91. The number of hydrogen-bond acceptors (Lipinski definition) is 4. The quantitative estimate of drug-likeness (QED) is 0.706. The van der Waals surface area contributed by atoms with Gasteiger partial charge in [0.05, 0.1) is 0 Å². The van der Waals surface area contributed by atoms with Gasteiger partial charge in [-0.1, -0.05) is 23.7 Å². The average Bonchev–Trinajstić information content (AvgIpc) is 3.42. The zero-order valence-corrected chi connectivity index (χ0v) is 15.7. The maximum Gasteiger partial charge on any atom is 0.220 e. The number of nitrogens with one attached hydrogen (secondary N) is 1. The molecule has 0 unspecified atom stereocenters. The standard InChI is InChI=1S/C20H25ClN4O/c1-2-3-11-20(23-24-20)12-8-19(26)22-18-9-13-25(14-10-18)15-16-4-6-17(21)7-5-16/h1,4-7,18H,3,8-15H2,(H,22,26). The molecule has 0 atom stereocenters. The highest BCUT2D eigenvalue weighted by Crippen LogP contribution is 2.37. The number of hydrogen-bond donors (Lipinski definition) is 1. The van der Waals surface area contributed by atoms with Crippen LogP contribution in [0.3, 0.4) is 0 Å². The van der Waals surface area contributed by atoms with Crippen molar-refractivity contribution in [3.8, 4) is 12.3 Å². The molecule has 0 spiro atoms. The lowest BCUT2D eigenvalue weighted by molar-refractivity contribution is -0.122. The Bertz CT molecular complexity index is 681. The minimum atomic E-state index is -0.369. The lowest BCUT2D eigenvalue weighted by atomic mass is 10.0. The minimum absolute atomic E-state index is 0.0959. The first-order chi connectivity index (χ1) is 12.6. The maximum absolute atomic E-state index is 12.2. The van der Waals surface area contributed by atoms with E-state index in [0.717, 1.165) is 43.9 Å². The molecule has 5 nitrogen and oxygen atoms in total. The Labute approximate surface area is 160 Å². The third kappa shape index (κ3) is 5.55. The Kier molecular flexibility index (Phi) is 6.29. The van der Waals surface area contributed by atoms with E-state index in [0.29, 0.717) is 19.3 Å². The fraction of sp³-hybridized carbons (Fsp3) is 0.550. The molecule has 2 heterocycles. The number of benzene rings is 1. The van der Waals surface area contributed by atoms with Gasteiger partial charge in [-0.25, -0.2) is 0 Å². The lowest BCUT2D eigenvalue weighted by Gasteiger charge is -2.32. The lowest BCUT2D eigenvalue weighted by Crippen LogP contribution is -2.44. The highest BCUT2D eigenvalue weighted by atomic mass is 35.5. The van der Waals surface area contributed by atoms with E-state index < -0.39 is 0 Å². The van der Waals surface area contributed by atoms with E-state index in [2.05, 4.69) is 38.5 Å². The summed E-state index contributed by atoms with van der Waals surface area (Å²) in [4.78, 5) is 14.6. The van der Waals surface area contributed by atoms with Crippen molar-refractivity contribution in [1.29, 1.82) is 0 Å². The molecule has 0 saturated carbocycles. The van der Waals surface area contributed by atoms with Gasteiger partial charge in [-0.3, -0.25) is 9.69 Å². The number of piperidine rings is 1. The molecule has 1 fully saturated rings. The summed E-state index contributed by atoms with van der Waals surface area (Å²) in [7, 11) is 0. The molecule has 6 heteroatoms. The van der Waals surface area contributed by atoms with Gasteiger partial charge >= 0.3 is 0 Å². The molecule has 2 aliphatic rings. The van der Waals surface area contributed by atoms with Crippen molar-refractivity contribution < 1.29 is 4.79 Å². The van der Waals surface area contributed by atoms with Crippen LogP contribution in [0.5, 0.6) is 0 Å². The molecule has 0 bridgehead atoms. The highest BCUT2D eigenvalue weighted by molar-refractivity contribution is 6.30. The van der Waals surface area contributed by atoms with Gasteiger partial charge in [-0.2, -0.15) is 10.2 Å². The van der Waals surface area contributed by atoms with Gasteiger partial charge in [0, 0.05) is 56.4 Å². The number of terminal acetylenes is 1. The first kappa shape index (κ1) is 18.9. The average molecular weight is 373 g/mol. The zero-order valence-electron chi connectivity index (χ0n) is 15.0. The highest BCUT2D eigenvalue weighted by Gasteiger charge is 2.39. The van der Waals surface area contributed by atoms with Crippen molar-refractivity contribution in [2.45, 2.75) is 56.8 Å². The molecule has 1 amide bonds. The van der Waals surface area contributed by atoms with E-state index in [4.69, 9.17) is 18.0 Å².